The molecule has 158 valence electrons. The van der Waals surface area contributed by atoms with Crippen molar-refractivity contribution < 1.29 is 17.9 Å². The molecule has 0 saturated heterocycles. The Kier molecular flexibility index (Phi) is 4.68. The van der Waals surface area contributed by atoms with Gasteiger partial charge in [0.2, 0.25) is 5.95 Å². The monoisotopic (exact) mass is 434 g/mol. The molecule has 4 heterocycles. The van der Waals surface area contributed by atoms with Gasteiger partial charge in [-0.15, -0.1) is 0 Å². The van der Waals surface area contributed by atoms with Gasteiger partial charge in [-0.1, -0.05) is 0 Å². The first-order valence-electron chi connectivity index (χ1n) is 9.10. The molecular weight excluding hydrogens is 416 g/mol. The number of fused-ring (bicyclic) bond motifs is 2. The number of rotatable bonds is 4. The van der Waals surface area contributed by atoms with Crippen molar-refractivity contribution in [2.75, 3.05) is 17.5 Å². The van der Waals surface area contributed by atoms with Crippen molar-refractivity contribution in [1.82, 2.24) is 24.1 Å². The van der Waals surface area contributed by atoms with Gasteiger partial charge in [-0.2, -0.15) is 0 Å². The summed E-state index contributed by atoms with van der Waals surface area (Å²) in [6.07, 6.45) is 3.04. The van der Waals surface area contributed by atoms with Gasteiger partial charge in [0.15, 0.2) is 5.69 Å². The average Bonchev–Trinajstić information content (AvgIpc) is 3.16. The predicted octanol–water partition coefficient (Wildman–Crippen LogP) is -0.406. The molecule has 0 atom stereocenters. The van der Waals surface area contributed by atoms with E-state index >= 15 is 0 Å². The lowest BCUT2D eigenvalue weighted by atomic mass is 10.3. The Labute approximate surface area is 169 Å². The van der Waals surface area contributed by atoms with Crippen LogP contribution in [-0.2, 0) is 28.4 Å². The van der Waals surface area contributed by atoms with E-state index in [1.165, 1.54) is 19.3 Å². The van der Waals surface area contributed by atoms with Crippen LogP contribution in [0.3, 0.4) is 0 Å². The van der Waals surface area contributed by atoms with Crippen molar-refractivity contribution in [3.05, 3.63) is 45.0 Å². The van der Waals surface area contributed by atoms with Crippen LogP contribution in [-0.4, -0.2) is 51.6 Å². The van der Waals surface area contributed by atoms with Crippen molar-refractivity contribution in [3.63, 3.8) is 0 Å². The molecule has 1 N–H and O–H groups in total. The maximum atomic E-state index is 13.3. The smallest absolute Gasteiger partial charge is 0.358 e. The number of pyridine rings is 1. The molecule has 0 unspecified atom stereocenters. The van der Waals surface area contributed by atoms with Crippen LogP contribution in [0.1, 0.15) is 23.8 Å². The average molecular weight is 434 g/mol. The fourth-order valence-electron chi connectivity index (χ4n) is 3.27. The third-order valence-electron chi connectivity index (χ3n) is 4.74. The van der Waals surface area contributed by atoms with Crippen molar-refractivity contribution in [2.45, 2.75) is 24.8 Å². The number of nitrogens with zero attached hydrogens (tertiary/aromatic N) is 5. The number of nitrogens with one attached hydrogen (secondary N) is 1. The minimum atomic E-state index is -4.14. The van der Waals surface area contributed by atoms with Gasteiger partial charge >= 0.3 is 11.7 Å². The molecule has 0 aliphatic carbocycles. The zero-order chi connectivity index (χ0) is 21.6. The van der Waals surface area contributed by atoms with E-state index in [4.69, 9.17) is 4.74 Å². The molecule has 0 spiro atoms. The zero-order valence-electron chi connectivity index (χ0n) is 16.2. The van der Waals surface area contributed by atoms with Crippen LogP contribution < -0.4 is 15.6 Å². The van der Waals surface area contributed by atoms with Crippen LogP contribution in [0.15, 0.2) is 32.9 Å². The minimum absolute atomic E-state index is 0.0111. The highest BCUT2D eigenvalue weighted by atomic mass is 32.2. The van der Waals surface area contributed by atoms with E-state index in [0.717, 1.165) is 15.1 Å². The summed E-state index contributed by atoms with van der Waals surface area (Å²) < 4.78 is 35.3. The van der Waals surface area contributed by atoms with E-state index in [9.17, 15) is 22.8 Å². The van der Waals surface area contributed by atoms with Crippen molar-refractivity contribution in [2.24, 2.45) is 7.05 Å². The maximum absolute atomic E-state index is 13.3. The fourth-order valence-corrected chi connectivity index (χ4v) is 4.71. The molecule has 30 heavy (non-hydrogen) atoms. The number of carbonyl (C=O) groups is 1. The molecule has 1 aliphatic heterocycles. The molecule has 3 aromatic rings. The number of aryl methyl sites for hydroxylation is 2. The number of carbonyl (C=O) groups excluding carboxylic acids is 1. The van der Waals surface area contributed by atoms with Crippen LogP contribution in [0.5, 0.6) is 0 Å². The molecule has 0 saturated carbocycles. The van der Waals surface area contributed by atoms with Gasteiger partial charge in [-0.25, -0.2) is 32.3 Å². The SMILES string of the molecule is CCOC(=O)c1cn2c(n1)N(S(=O)(=O)c1cnc3c(c1)c(=O)[nH]c(=O)n3C)CCC2. The van der Waals surface area contributed by atoms with Gasteiger partial charge in [-0.3, -0.25) is 14.3 Å². The first kappa shape index (κ1) is 19.8. The van der Waals surface area contributed by atoms with Gasteiger partial charge in [0.25, 0.3) is 15.6 Å². The van der Waals surface area contributed by atoms with Gasteiger partial charge in [0.05, 0.1) is 12.0 Å². The molecular formula is C17H18N6O6S. The van der Waals surface area contributed by atoms with Crippen LogP contribution >= 0.6 is 0 Å². The first-order chi connectivity index (χ1) is 14.2. The number of ether oxygens (including phenoxy) is 1. The molecule has 3 aromatic heterocycles. The highest BCUT2D eigenvalue weighted by molar-refractivity contribution is 7.92. The molecule has 13 heteroatoms. The lowest BCUT2D eigenvalue weighted by Gasteiger charge is -2.28. The summed E-state index contributed by atoms with van der Waals surface area (Å²) in [5.74, 6) is -0.560. The van der Waals surface area contributed by atoms with E-state index in [1.54, 1.807) is 11.5 Å². The Balaban J connectivity index is 1.81. The van der Waals surface area contributed by atoms with Crippen LogP contribution in [0.25, 0.3) is 11.0 Å². The number of hydrogen-bond acceptors (Lipinski definition) is 8. The molecule has 12 nitrogen and oxygen atoms in total. The number of anilines is 1. The molecule has 1 aliphatic rings. The molecule has 4 rings (SSSR count). The van der Waals surface area contributed by atoms with E-state index in [-0.39, 0.29) is 40.7 Å². The maximum Gasteiger partial charge on any atom is 0.358 e. The van der Waals surface area contributed by atoms with Gasteiger partial charge in [0.1, 0.15) is 10.5 Å². The van der Waals surface area contributed by atoms with Gasteiger partial charge < -0.3 is 9.30 Å². The Hall–Kier alpha value is -3.48. The zero-order valence-corrected chi connectivity index (χ0v) is 17.0. The highest BCUT2D eigenvalue weighted by Gasteiger charge is 2.33. The number of hydrogen-bond donors (Lipinski definition) is 1. The number of aromatic nitrogens is 5. The van der Waals surface area contributed by atoms with Gasteiger partial charge in [-0.05, 0) is 19.4 Å². The summed E-state index contributed by atoms with van der Waals surface area (Å²) in [6.45, 7) is 2.46. The molecule has 0 aromatic carbocycles. The van der Waals surface area contributed by atoms with Crippen LogP contribution in [0.4, 0.5) is 5.95 Å². The second-order valence-electron chi connectivity index (χ2n) is 6.63. The summed E-state index contributed by atoms with van der Waals surface area (Å²) in [5, 5.41) is -0.0364. The highest BCUT2D eigenvalue weighted by Crippen LogP contribution is 2.28. The largest absolute Gasteiger partial charge is 0.461 e. The predicted molar refractivity (Wildman–Crippen MR) is 105 cm³/mol. The molecule has 0 radical (unpaired) electrons. The Bertz CT molecular complexity index is 1390. The van der Waals surface area contributed by atoms with Gasteiger partial charge in [0, 0.05) is 32.5 Å². The third kappa shape index (κ3) is 3.07. The van der Waals surface area contributed by atoms with E-state index in [2.05, 4.69) is 15.0 Å². The number of imidazole rings is 1. The van der Waals surface area contributed by atoms with E-state index < -0.39 is 27.2 Å². The molecule has 0 bridgehead atoms. The number of H-pyrrole nitrogens is 1. The second kappa shape index (κ2) is 7.09. The van der Waals surface area contributed by atoms with Crippen molar-refractivity contribution in [3.8, 4) is 0 Å². The summed E-state index contributed by atoms with van der Waals surface area (Å²) in [5.41, 5.74) is -1.31. The quantitative estimate of drug-likeness (QED) is 0.545. The first-order valence-corrected chi connectivity index (χ1v) is 10.5. The summed E-state index contributed by atoms with van der Waals surface area (Å²) >= 11 is 0. The minimum Gasteiger partial charge on any atom is -0.461 e. The van der Waals surface area contributed by atoms with E-state index in [0.29, 0.717) is 13.0 Å². The van der Waals surface area contributed by atoms with Crippen molar-refractivity contribution >= 4 is 33.0 Å². The second-order valence-corrected chi connectivity index (χ2v) is 8.49. The fraction of sp³-hybridized carbons (Fsp3) is 0.353. The Morgan fingerprint density at radius 2 is 2.07 bits per heavy atom. The Morgan fingerprint density at radius 1 is 1.30 bits per heavy atom. The van der Waals surface area contributed by atoms with Crippen molar-refractivity contribution in [1.29, 1.82) is 0 Å². The number of esters is 1. The molecule has 0 fully saturated rings. The normalized spacial score (nSPS) is 14.0. The van der Waals surface area contributed by atoms with Crippen LogP contribution in [0.2, 0.25) is 0 Å². The lowest BCUT2D eigenvalue weighted by molar-refractivity contribution is 0.0520. The topological polar surface area (TPSA) is 149 Å². The number of aromatic amines is 1. The van der Waals surface area contributed by atoms with E-state index in [1.807, 2.05) is 0 Å². The number of sulfonamides is 1. The van der Waals surface area contributed by atoms with Crippen LogP contribution in [0, 0.1) is 0 Å². The Morgan fingerprint density at radius 3 is 2.80 bits per heavy atom. The summed E-state index contributed by atoms with van der Waals surface area (Å²) in [6, 6.07) is 1.17. The third-order valence-corrected chi connectivity index (χ3v) is 6.49. The summed E-state index contributed by atoms with van der Waals surface area (Å²) in [7, 11) is -2.72. The molecule has 0 amide bonds. The standard InChI is InChI=1S/C17H18N6O6S/c1-3-29-15(25)12-9-22-5-4-6-23(16(22)19-12)30(27,28)10-7-11-13(18-8-10)21(2)17(26)20-14(11)24/h7-9H,3-6H2,1-2H3,(H,20,24,26). The lowest BCUT2D eigenvalue weighted by Crippen LogP contribution is -2.38. The summed E-state index contributed by atoms with van der Waals surface area (Å²) in [4.78, 5) is 45.9.